The van der Waals surface area contributed by atoms with Crippen molar-refractivity contribution in [2.24, 2.45) is 5.41 Å². The van der Waals surface area contributed by atoms with E-state index in [-0.39, 0.29) is 5.41 Å². The molecule has 1 aromatic heterocycles. The smallest absolute Gasteiger partial charge is 0.127 e. The van der Waals surface area contributed by atoms with Crippen molar-refractivity contribution in [3.05, 3.63) is 18.3 Å². The average molecular weight is 235 g/mol. The largest absolute Gasteiger partial charge is 0.371 e. The van der Waals surface area contributed by atoms with Crippen LogP contribution >= 0.6 is 0 Å². The van der Waals surface area contributed by atoms with Gasteiger partial charge in [-0.15, -0.1) is 0 Å². The number of hydrogen-bond donors (Lipinski definition) is 1. The van der Waals surface area contributed by atoms with E-state index in [9.17, 15) is 0 Å². The summed E-state index contributed by atoms with van der Waals surface area (Å²) in [6.07, 6.45) is 1.86. The molecule has 1 atom stereocenters. The molecule has 0 saturated heterocycles. The number of anilines is 2. The molecule has 17 heavy (non-hydrogen) atoms. The molecule has 1 rings (SSSR count). The minimum absolute atomic E-state index is 0.260. The maximum absolute atomic E-state index is 4.30. The number of nitrogens with zero attached hydrogens (tertiary/aromatic N) is 2. The molecule has 0 aliphatic heterocycles. The maximum Gasteiger partial charge on any atom is 0.127 e. The van der Waals surface area contributed by atoms with Crippen molar-refractivity contribution in [1.29, 1.82) is 0 Å². The highest BCUT2D eigenvalue weighted by atomic mass is 15.1. The monoisotopic (exact) mass is 235 g/mol. The highest BCUT2D eigenvalue weighted by Crippen LogP contribution is 2.27. The van der Waals surface area contributed by atoms with Crippen molar-refractivity contribution in [3.63, 3.8) is 0 Å². The highest BCUT2D eigenvalue weighted by Gasteiger charge is 2.24. The minimum atomic E-state index is 0.260. The molecule has 0 aliphatic rings. The van der Waals surface area contributed by atoms with Gasteiger partial charge in [-0.3, -0.25) is 0 Å². The molecule has 3 heteroatoms. The maximum atomic E-state index is 4.30. The predicted molar refractivity (Wildman–Crippen MR) is 75.7 cm³/mol. The SMILES string of the molecule is CCNc1cc(N(C)C(C)C(C)(C)C)ccn1. The van der Waals surface area contributed by atoms with Crippen molar-refractivity contribution >= 4 is 11.5 Å². The summed E-state index contributed by atoms with van der Waals surface area (Å²) in [5.41, 5.74) is 1.47. The zero-order valence-corrected chi connectivity index (χ0v) is 11.9. The third kappa shape index (κ3) is 3.62. The van der Waals surface area contributed by atoms with Gasteiger partial charge < -0.3 is 10.2 Å². The summed E-state index contributed by atoms with van der Waals surface area (Å²) in [5, 5.41) is 3.24. The van der Waals surface area contributed by atoms with Gasteiger partial charge in [0.2, 0.25) is 0 Å². The van der Waals surface area contributed by atoms with E-state index in [2.05, 4.69) is 69.0 Å². The molecule has 0 spiro atoms. The van der Waals surface area contributed by atoms with Crippen molar-refractivity contribution in [3.8, 4) is 0 Å². The molecule has 1 aromatic rings. The van der Waals surface area contributed by atoms with Gasteiger partial charge in [0, 0.05) is 37.6 Å². The molecule has 0 bridgehead atoms. The molecule has 1 N–H and O–H groups in total. The first-order valence-electron chi connectivity index (χ1n) is 6.29. The molecule has 3 nitrogen and oxygen atoms in total. The lowest BCUT2D eigenvalue weighted by Gasteiger charge is -2.37. The highest BCUT2D eigenvalue weighted by molar-refractivity contribution is 5.54. The molecule has 0 aromatic carbocycles. The van der Waals surface area contributed by atoms with Gasteiger partial charge >= 0.3 is 0 Å². The Morgan fingerprint density at radius 1 is 1.41 bits per heavy atom. The summed E-state index contributed by atoms with van der Waals surface area (Å²) in [4.78, 5) is 6.60. The third-order valence-corrected chi connectivity index (χ3v) is 3.34. The van der Waals surface area contributed by atoms with Gasteiger partial charge in [-0.05, 0) is 25.3 Å². The van der Waals surface area contributed by atoms with Crippen molar-refractivity contribution in [2.45, 2.75) is 40.7 Å². The molecule has 0 saturated carbocycles. The van der Waals surface area contributed by atoms with Gasteiger partial charge in [-0.2, -0.15) is 0 Å². The van der Waals surface area contributed by atoms with E-state index in [0.29, 0.717) is 6.04 Å². The zero-order chi connectivity index (χ0) is 13.1. The van der Waals surface area contributed by atoms with E-state index in [4.69, 9.17) is 0 Å². The quantitative estimate of drug-likeness (QED) is 0.867. The molecule has 0 fully saturated rings. The Bertz CT molecular complexity index is 355. The number of pyridine rings is 1. The molecule has 1 heterocycles. The Labute approximate surface area is 105 Å². The van der Waals surface area contributed by atoms with Crippen LogP contribution in [0, 0.1) is 5.41 Å². The molecular formula is C14H25N3. The van der Waals surface area contributed by atoms with Crippen LogP contribution < -0.4 is 10.2 Å². The van der Waals surface area contributed by atoms with E-state index >= 15 is 0 Å². The van der Waals surface area contributed by atoms with E-state index in [1.165, 1.54) is 5.69 Å². The van der Waals surface area contributed by atoms with Crippen LogP contribution in [0.2, 0.25) is 0 Å². The Balaban J connectivity index is 2.88. The Morgan fingerprint density at radius 3 is 2.59 bits per heavy atom. The number of hydrogen-bond acceptors (Lipinski definition) is 3. The van der Waals surface area contributed by atoms with Crippen LogP contribution in [0.1, 0.15) is 34.6 Å². The predicted octanol–water partition coefficient (Wildman–Crippen LogP) is 3.38. The Morgan fingerprint density at radius 2 is 2.06 bits per heavy atom. The average Bonchev–Trinajstić information content (AvgIpc) is 2.27. The fourth-order valence-electron chi connectivity index (χ4n) is 1.72. The number of aromatic nitrogens is 1. The molecule has 0 radical (unpaired) electrons. The topological polar surface area (TPSA) is 28.2 Å². The standard InChI is InChI=1S/C14H25N3/c1-7-15-13-10-12(8-9-16-13)17(6)11(2)14(3,4)5/h8-11H,7H2,1-6H3,(H,15,16). The van der Waals surface area contributed by atoms with Crippen LogP contribution in [0.4, 0.5) is 11.5 Å². The fourth-order valence-corrected chi connectivity index (χ4v) is 1.72. The van der Waals surface area contributed by atoms with Gasteiger partial charge in [0.05, 0.1) is 0 Å². The Kier molecular flexibility index (Phi) is 4.38. The van der Waals surface area contributed by atoms with Gasteiger partial charge in [0.1, 0.15) is 5.82 Å². The van der Waals surface area contributed by atoms with Gasteiger partial charge in [0.25, 0.3) is 0 Å². The van der Waals surface area contributed by atoms with Crippen LogP contribution in [-0.4, -0.2) is 24.6 Å². The van der Waals surface area contributed by atoms with Gasteiger partial charge in [0.15, 0.2) is 0 Å². The molecule has 96 valence electrons. The van der Waals surface area contributed by atoms with Crippen LogP contribution in [0.25, 0.3) is 0 Å². The first-order chi connectivity index (χ1) is 7.86. The van der Waals surface area contributed by atoms with Crippen LogP contribution in [0.15, 0.2) is 18.3 Å². The van der Waals surface area contributed by atoms with Crippen LogP contribution in [0.3, 0.4) is 0 Å². The summed E-state index contributed by atoms with van der Waals surface area (Å²) in [7, 11) is 2.14. The second kappa shape index (κ2) is 5.39. The summed E-state index contributed by atoms with van der Waals surface area (Å²) in [5.74, 6) is 0.943. The van der Waals surface area contributed by atoms with E-state index in [1.54, 1.807) is 0 Å². The van der Waals surface area contributed by atoms with E-state index < -0.39 is 0 Å². The fraction of sp³-hybridized carbons (Fsp3) is 0.643. The molecule has 0 amide bonds. The summed E-state index contributed by atoms with van der Waals surface area (Å²) in [6.45, 7) is 12.0. The van der Waals surface area contributed by atoms with Crippen molar-refractivity contribution < 1.29 is 0 Å². The number of nitrogens with one attached hydrogen (secondary N) is 1. The summed E-state index contributed by atoms with van der Waals surface area (Å²) >= 11 is 0. The minimum Gasteiger partial charge on any atom is -0.371 e. The summed E-state index contributed by atoms with van der Waals surface area (Å²) < 4.78 is 0. The van der Waals surface area contributed by atoms with Crippen molar-refractivity contribution in [2.75, 3.05) is 23.8 Å². The third-order valence-electron chi connectivity index (χ3n) is 3.34. The number of rotatable bonds is 4. The van der Waals surface area contributed by atoms with Crippen LogP contribution in [-0.2, 0) is 0 Å². The summed E-state index contributed by atoms with van der Waals surface area (Å²) in [6, 6.07) is 4.63. The van der Waals surface area contributed by atoms with Gasteiger partial charge in [-0.1, -0.05) is 20.8 Å². The first-order valence-corrected chi connectivity index (χ1v) is 6.29. The second-order valence-electron chi connectivity index (χ2n) is 5.58. The van der Waals surface area contributed by atoms with E-state index in [1.807, 2.05) is 6.20 Å². The molecule has 1 unspecified atom stereocenters. The lowest BCUT2D eigenvalue weighted by atomic mass is 9.87. The van der Waals surface area contributed by atoms with Gasteiger partial charge in [-0.25, -0.2) is 4.98 Å². The first kappa shape index (κ1) is 13.8. The zero-order valence-electron chi connectivity index (χ0n) is 11.9. The second-order valence-corrected chi connectivity index (χ2v) is 5.58. The molecule has 0 aliphatic carbocycles. The normalized spacial score (nSPS) is 13.3. The lowest BCUT2D eigenvalue weighted by molar-refractivity contribution is 0.330. The van der Waals surface area contributed by atoms with Crippen LogP contribution in [0.5, 0.6) is 0 Å². The van der Waals surface area contributed by atoms with Crippen molar-refractivity contribution in [1.82, 2.24) is 4.98 Å². The van der Waals surface area contributed by atoms with E-state index in [0.717, 1.165) is 12.4 Å². The lowest BCUT2D eigenvalue weighted by Crippen LogP contribution is -2.39. The Hall–Kier alpha value is -1.25. The molecular weight excluding hydrogens is 210 g/mol.